The van der Waals surface area contributed by atoms with Gasteiger partial charge in [-0.1, -0.05) is 23.9 Å². The molecule has 2 aromatic carbocycles. The molecule has 3 heterocycles. The summed E-state index contributed by atoms with van der Waals surface area (Å²) in [6, 6.07) is 16.0. The Kier molecular flexibility index (Phi) is 6.32. The Morgan fingerprint density at radius 2 is 1.97 bits per heavy atom. The number of aromatic nitrogens is 4. The lowest BCUT2D eigenvalue weighted by Crippen LogP contribution is -2.39. The minimum Gasteiger partial charge on any atom is -0.497 e. The fourth-order valence-electron chi connectivity index (χ4n) is 4.19. The van der Waals surface area contributed by atoms with Gasteiger partial charge < -0.3 is 9.64 Å². The summed E-state index contributed by atoms with van der Waals surface area (Å²) in [5.74, 6) is 2.00. The van der Waals surface area contributed by atoms with Gasteiger partial charge in [-0.3, -0.25) is 9.36 Å². The molecule has 1 saturated heterocycles. The summed E-state index contributed by atoms with van der Waals surface area (Å²) in [6.45, 7) is 2.68. The molecular formula is C24H25N5O2S2. The molecule has 1 unspecified atom stereocenters. The molecule has 4 aromatic rings. The molecule has 1 atom stereocenters. The highest BCUT2D eigenvalue weighted by Crippen LogP contribution is 2.36. The lowest BCUT2D eigenvalue weighted by atomic mass is 10.0. The van der Waals surface area contributed by atoms with Crippen molar-refractivity contribution in [2.45, 2.75) is 37.4 Å². The summed E-state index contributed by atoms with van der Waals surface area (Å²) in [6.07, 6.45) is 3.10. The second kappa shape index (κ2) is 9.52. The Hall–Kier alpha value is -2.91. The van der Waals surface area contributed by atoms with Gasteiger partial charge in [-0.2, -0.15) is 0 Å². The number of para-hydroxylation sites is 1. The Labute approximate surface area is 200 Å². The maximum atomic E-state index is 13.3. The van der Waals surface area contributed by atoms with Crippen LogP contribution < -0.4 is 4.74 Å². The van der Waals surface area contributed by atoms with Crippen LogP contribution in [0.1, 0.15) is 36.1 Å². The summed E-state index contributed by atoms with van der Waals surface area (Å²) in [5, 5.41) is 10.3. The van der Waals surface area contributed by atoms with Gasteiger partial charge in [0.2, 0.25) is 5.91 Å². The molecule has 1 amide bonds. The van der Waals surface area contributed by atoms with Gasteiger partial charge in [-0.25, -0.2) is 4.98 Å². The van der Waals surface area contributed by atoms with E-state index in [0.29, 0.717) is 10.9 Å². The molecule has 5 rings (SSSR count). The van der Waals surface area contributed by atoms with Crippen LogP contribution in [-0.4, -0.2) is 50.0 Å². The van der Waals surface area contributed by atoms with Gasteiger partial charge in [0.15, 0.2) is 5.16 Å². The maximum Gasteiger partial charge on any atom is 0.233 e. The molecule has 1 fully saturated rings. The van der Waals surface area contributed by atoms with Gasteiger partial charge in [0.05, 0.1) is 29.1 Å². The Morgan fingerprint density at radius 1 is 1.15 bits per heavy atom. The van der Waals surface area contributed by atoms with Crippen molar-refractivity contribution in [1.29, 1.82) is 0 Å². The van der Waals surface area contributed by atoms with Gasteiger partial charge in [0.1, 0.15) is 16.6 Å². The minimum absolute atomic E-state index is 0.0467. The van der Waals surface area contributed by atoms with E-state index in [1.54, 1.807) is 18.4 Å². The minimum atomic E-state index is 0.0467. The molecule has 0 N–H and O–H groups in total. The number of likely N-dealkylation sites (tertiary alicyclic amines) is 1. The molecule has 0 radical (unpaired) electrons. The van der Waals surface area contributed by atoms with Crippen LogP contribution in [-0.2, 0) is 4.79 Å². The van der Waals surface area contributed by atoms with Gasteiger partial charge >= 0.3 is 0 Å². The van der Waals surface area contributed by atoms with Crippen LogP contribution in [0, 0.1) is 6.92 Å². The number of aryl methyl sites for hydroxylation is 1. The van der Waals surface area contributed by atoms with E-state index < -0.39 is 0 Å². The number of methoxy groups -OCH3 is 1. The average Bonchev–Trinajstić information content (AvgIpc) is 3.46. The first kappa shape index (κ1) is 21.9. The van der Waals surface area contributed by atoms with Crippen molar-refractivity contribution in [3.8, 4) is 11.4 Å². The first-order valence-corrected chi connectivity index (χ1v) is 12.8. The maximum absolute atomic E-state index is 13.3. The summed E-state index contributed by atoms with van der Waals surface area (Å²) < 4.78 is 8.40. The number of nitrogens with zero attached hydrogens (tertiary/aromatic N) is 5. The zero-order chi connectivity index (χ0) is 22.8. The van der Waals surface area contributed by atoms with E-state index in [-0.39, 0.29) is 11.9 Å². The number of fused-ring (bicyclic) bond motifs is 1. The fraction of sp³-hybridized carbons (Fsp3) is 0.333. The topological polar surface area (TPSA) is 73.1 Å². The molecule has 9 heteroatoms. The number of piperidine rings is 1. The smallest absolute Gasteiger partial charge is 0.233 e. The molecule has 0 bridgehead atoms. The molecule has 170 valence electrons. The molecule has 1 aliphatic heterocycles. The highest BCUT2D eigenvalue weighted by molar-refractivity contribution is 7.99. The molecule has 1 aliphatic rings. The molecule has 2 aromatic heterocycles. The lowest BCUT2D eigenvalue weighted by molar-refractivity contribution is -0.132. The lowest BCUT2D eigenvalue weighted by Gasteiger charge is -2.34. The van der Waals surface area contributed by atoms with Crippen molar-refractivity contribution in [2.75, 3.05) is 19.4 Å². The predicted molar refractivity (Wildman–Crippen MR) is 131 cm³/mol. The number of ether oxygens (including phenoxy) is 1. The largest absolute Gasteiger partial charge is 0.497 e. The number of thiazole rings is 1. The van der Waals surface area contributed by atoms with Crippen LogP contribution in [0.2, 0.25) is 0 Å². The number of carbonyl (C=O) groups excluding carboxylic acids is 1. The van der Waals surface area contributed by atoms with Crippen molar-refractivity contribution in [2.24, 2.45) is 0 Å². The average molecular weight is 480 g/mol. The quantitative estimate of drug-likeness (QED) is 0.361. The van der Waals surface area contributed by atoms with Crippen LogP contribution in [0.5, 0.6) is 5.75 Å². The molecule has 0 saturated carbocycles. The van der Waals surface area contributed by atoms with Crippen molar-refractivity contribution in [3.63, 3.8) is 0 Å². The zero-order valence-corrected chi connectivity index (χ0v) is 20.2. The number of rotatable bonds is 6. The highest BCUT2D eigenvalue weighted by Gasteiger charge is 2.30. The highest BCUT2D eigenvalue weighted by atomic mass is 32.2. The molecular weight excluding hydrogens is 454 g/mol. The third-order valence-electron chi connectivity index (χ3n) is 5.87. The third-order valence-corrected chi connectivity index (χ3v) is 7.92. The van der Waals surface area contributed by atoms with Crippen LogP contribution in [0.25, 0.3) is 15.9 Å². The van der Waals surface area contributed by atoms with Crippen LogP contribution >= 0.6 is 23.1 Å². The molecule has 33 heavy (non-hydrogen) atoms. The van der Waals surface area contributed by atoms with E-state index in [2.05, 4.69) is 16.3 Å². The van der Waals surface area contributed by atoms with E-state index in [1.807, 2.05) is 58.9 Å². The van der Waals surface area contributed by atoms with Crippen molar-refractivity contribution >= 4 is 39.2 Å². The first-order chi connectivity index (χ1) is 16.1. The summed E-state index contributed by atoms with van der Waals surface area (Å²) in [5.41, 5.74) is 1.95. The number of amides is 1. The van der Waals surface area contributed by atoms with Crippen molar-refractivity contribution < 1.29 is 9.53 Å². The Morgan fingerprint density at radius 3 is 2.76 bits per heavy atom. The van der Waals surface area contributed by atoms with Gasteiger partial charge in [-0.05, 0) is 62.6 Å². The van der Waals surface area contributed by atoms with Gasteiger partial charge in [0, 0.05) is 12.2 Å². The van der Waals surface area contributed by atoms with Crippen LogP contribution in [0.3, 0.4) is 0 Å². The molecule has 0 spiro atoms. The van der Waals surface area contributed by atoms with E-state index in [1.165, 1.54) is 16.5 Å². The number of hydrogen-bond donors (Lipinski definition) is 0. The van der Waals surface area contributed by atoms with Crippen molar-refractivity contribution in [1.82, 2.24) is 24.6 Å². The Bertz CT molecular complexity index is 1230. The number of hydrogen-bond acceptors (Lipinski definition) is 7. The third kappa shape index (κ3) is 4.47. The van der Waals surface area contributed by atoms with Gasteiger partial charge in [0.25, 0.3) is 0 Å². The molecule has 0 aliphatic carbocycles. The Balaban J connectivity index is 1.33. The summed E-state index contributed by atoms with van der Waals surface area (Å²) in [4.78, 5) is 20.2. The standard InChI is InChI=1S/C24H25N5O2S2/c1-16-26-27-24(29(16)17-10-12-18(31-2)13-11-17)32-15-22(30)28-14-6-5-8-20(28)23-25-19-7-3-4-9-21(19)33-23/h3-4,7,9-13,20H,5-6,8,14-15H2,1-2H3. The van der Waals surface area contributed by atoms with Crippen molar-refractivity contribution in [3.05, 3.63) is 59.4 Å². The predicted octanol–water partition coefficient (Wildman–Crippen LogP) is 5.04. The fourth-order valence-corrected chi connectivity index (χ4v) is 6.19. The summed E-state index contributed by atoms with van der Waals surface area (Å²) >= 11 is 3.12. The van der Waals surface area contributed by atoms with E-state index in [4.69, 9.17) is 9.72 Å². The van der Waals surface area contributed by atoms with Crippen LogP contribution in [0.15, 0.2) is 53.7 Å². The van der Waals surface area contributed by atoms with E-state index >= 15 is 0 Å². The van der Waals surface area contributed by atoms with Gasteiger partial charge in [-0.15, -0.1) is 21.5 Å². The second-order valence-electron chi connectivity index (χ2n) is 7.97. The van der Waals surface area contributed by atoms with E-state index in [0.717, 1.165) is 53.6 Å². The number of carbonyl (C=O) groups is 1. The van der Waals surface area contributed by atoms with Crippen LogP contribution in [0.4, 0.5) is 0 Å². The zero-order valence-electron chi connectivity index (χ0n) is 18.6. The number of thioether (sulfide) groups is 1. The molecule has 7 nitrogen and oxygen atoms in total. The SMILES string of the molecule is COc1ccc(-n2c(C)nnc2SCC(=O)N2CCCCC2c2nc3ccccc3s2)cc1. The summed E-state index contributed by atoms with van der Waals surface area (Å²) in [7, 11) is 1.65. The normalized spacial score (nSPS) is 16.3. The first-order valence-electron chi connectivity index (χ1n) is 11.0. The second-order valence-corrected chi connectivity index (χ2v) is 9.98. The monoisotopic (exact) mass is 479 g/mol. The van der Waals surface area contributed by atoms with E-state index in [9.17, 15) is 4.79 Å². The number of benzene rings is 2.